The first-order chi connectivity index (χ1) is 19.2. The molecule has 0 bridgehead atoms. The van der Waals surface area contributed by atoms with E-state index in [0.717, 1.165) is 32.1 Å². The van der Waals surface area contributed by atoms with Gasteiger partial charge in [-0.05, 0) is 12.8 Å². The lowest BCUT2D eigenvalue weighted by molar-refractivity contribution is -0.192. The van der Waals surface area contributed by atoms with Gasteiger partial charge in [0.05, 0.1) is 5.92 Å². The lowest BCUT2D eigenvalue weighted by Crippen LogP contribution is -2.21. The number of aliphatic carboxylic acids is 2. The second-order valence-corrected chi connectivity index (χ2v) is 11.5. The SMILES string of the molecule is CCCCCCCCCCCCCCCCCCCCCCCCCC(CCCC)C(=O)O.O=C(O)C(F)(F)F. The fourth-order valence-electron chi connectivity index (χ4n) is 5.02. The summed E-state index contributed by atoms with van der Waals surface area (Å²) < 4.78 is 31.7. The maximum absolute atomic E-state index is 11.3. The van der Waals surface area contributed by atoms with Crippen LogP contribution in [0, 0.1) is 5.92 Å². The lowest BCUT2D eigenvalue weighted by Gasteiger charge is -2.11. The summed E-state index contributed by atoms with van der Waals surface area (Å²) in [6.45, 7) is 4.43. The maximum Gasteiger partial charge on any atom is 0.490 e. The first-order valence-corrected chi connectivity index (χ1v) is 16.7. The molecule has 0 spiro atoms. The van der Waals surface area contributed by atoms with Gasteiger partial charge in [0.1, 0.15) is 0 Å². The van der Waals surface area contributed by atoms with Crippen molar-refractivity contribution in [2.45, 2.75) is 193 Å². The topological polar surface area (TPSA) is 74.6 Å². The molecule has 0 aliphatic carbocycles. The summed E-state index contributed by atoms with van der Waals surface area (Å²) in [5.74, 6) is -3.44. The fourth-order valence-corrected chi connectivity index (χ4v) is 5.02. The molecule has 40 heavy (non-hydrogen) atoms. The predicted octanol–water partition coefficient (Wildman–Crippen LogP) is 11.9. The Morgan fingerprint density at radius 3 is 0.925 bits per heavy atom. The summed E-state index contributed by atoms with van der Waals surface area (Å²) in [6, 6.07) is 0. The van der Waals surface area contributed by atoms with E-state index in [1.807, 2.05) is 0 Å². The Morgan fingerprint density at radius 1 is 0.475 bits per heavy atom. The van der Waals surface area contributed by atoms with Crippen molar-refractivity contribution < 1.29 is 33.0 Å². The van der Waals surface area contributed by atoms with Gasteiger partial charge in [-0.25, -0.2) is 4.79 Å². The molecule has 0 heterocycles. The highest BCUT2D eigenvalue weighted by molar-refractivity contribution is 5.73. The summed E-state index contributed by atoms with van der Waals surface area (Å²) >= 11 is 0. The number of carboxylic acids is 2. The Bertz CT molecular complexity index is 552. The average molecular weight is 581 g/mol. The third kappa shape index (κ3) is 32.9. The molecule has 0 rings (SSSR count). The zero-order valence-corrected chi connectivity index (χ0v) is 26.0. The van der Waals surface area contributed by atoms with Gasteiger partial charge in [-0.2, -0.15) is 13.2 Å². The van der Waals surface area contributed by atoms with Gasteiger partial charge >= 0.3 is 18.1 Å². The van der Waals surface area contributed by atoms with Gasteiger partial charge in [-0.15, -0.1) is 0 Å². The van der Waals surface area contributed by atoms with Crippen molar-refractivity contribution in [3.63, 3.8) is 0 Å². The van der Waals surface area contributed by atoms with Crippen molar-refractivity contribution in [2.75, 3.05) is 0 Å². The van der Waals surface area contributed by atoms with Gasteiger partial charge in [0, 0.05) is 0 Å². The molecule has 240 valence electrons. The number of alkyl halides is 3. The number of rotatable bonds is 28. The highest BCUT2D eigenvalue weighted by Gasteiger charge is 2.38. The summed E-state index contributed by atoms with van der Waals surface area (Å²) in [5.41, 5.74) is 0. The average Bonchev–Trinajstić information content (AvgIpc) is 2.90. The van der Waals surface area contributed by atoms with Crippen LogP contribution in [-0.2, 0) is 9.59 Å². The van der Waals surface area contributed by atoms with Gasteiger partial charge in [0.25, 0.3) is 0 Å². The molecule has 0 aromatic carbocycles. The molecule has 2 N–H and O–H groups in total. The normalized spacial score (nSPS) is 12.1. The third-order valence-electron chi connectivity index (χ3n) is 7.65. The third-order valence-corrected chi connectivity index (χ3v) is 7.65. The number of halogens is 3. The second-order valence-electron chi connectivity index (χ2n) is 11.5. The van der Waals surface area contributed by atoms with Crippen LogP contribution < -0.4 is 0 Å². The minimum absolute atomic E-state index is 0.0974. The number of hydrogen-bond donors (Lipinski definition) is 2. The fraction of sp³-hybridized carbons (Fsp3) is 0.939. The van der Waals surface area contributed by atoms with E-state index in [2.05, 4.69) is 13.8 Å². The Hall–Kier alpha value is -1.27. The van der Waals surface area contributed by atoms with Crippen LogP contribution in [-0.4, -0.2) is 28.3 Å². The number of carbonyl (C=O) groups is 2. The number of hydrogen-bond acceptors (Lipinski definition) is 2. The Kier molecular flexibility index (Phi) is 31.3. The van der Waals surface area contributed by atoms with Crippen LogP contribution in [0.15, 0.2) is 0 Å². The highest BCUT2D eigenvalue weighted by Crippen LogP contribution is 2.19. The van der Waals surface area contributed by atoms with E-state index in [9.17, 15) is 23.1 Å². The molecular formula is C33H63F3O4. The van der Waals surface area contributed by atoms with Crippen molar-refractivity contribution in [1.29, 1.82) is 0 Å². The van der Waals surface area contributed by atoms with Crippen LogP contribution in [0.3, 0.4) is 0 Å². The van der Waals surface area contributed by atoms with E-state index in [4.69, 9.17) is 9.90 Å². The molecule has 0 radical (unpaired) electrons. The zero-order chi connectivity index (χ0) is 30.3. The van der Waals surface area contributed by atoms with Crippen LogP contribution >= 0.6 is 0 Å². The van der Waals surface area contributed by atoms with Crippen molar-refractivity contribution in [1.82, 2.24) is 0 Å². The molecule has 7 heteroatoms. The summed E-state index contributed by atoms with van der Waals surface area (Å²) in [5, 5.41) is 16.4. The molecule has 4 nitrogen and oxygen atoms in total. The van der Waals surface area contributed by atoms with Gasteiger partial charge in [0.15, 0.2) is 0 Å². The van der Waals surface area contributed by atoms with Gasteiger partial charge < -0.3 is 10.2 Å². The Morgan fingerprint density at radius 2 is 0.700 bits per heavy atom. The molecule has 0 aromatic rings. The van der Waals surface area contributed by atoms with Crippen molar-refractivity contribution >= 4 is 11.9 Å². The molecule has 0 aliphatic heterocycles. The van der Waals surface area contributed by atoms with Crippen LogP contribution in [0.25, 0.3) is 0 Å². The first kappa shape index (κ1) is 40.9. The minimum atomic E-state index is -5.08. The van der Waals surface area contributed by atoms with E-state index in [1.165, 1.54) is 141 Å². The van der Waals surface area contributed by atoms with E-state index in [-0.39, 0.29) is 5.92 Å². The molecule has 0 fully saturated rings. The van der Waals surface area contributed by atoms with Crippen LogP contribution in [0.2, 0.25) is 0 Å². The first-order valence-electron chi connectivity index (χ1n) is 16.7. The molecular weight excluding hydrogens is 517 g/mol. The standard InChI is InChI=1S/C31H62O2.C2HF3O2/c1-3-5-7-8-9-10-11-12-13-14-15-16-17-18-19-20-21-22-23-24-25-26-27-29-30(31(32)33)28-6-4-2;3-2(4,5)1(6)7/h30H,3-29H2,1-2H3,(H,32,33);(H,6,7). The van der Waals surface area contributed by atoms with E-state index in [1.54, 1.807) is 0 Å². The molecule has 1 atom stereocenters. The summed E-state index contributed by atoms with van der Waals surface area (Å²) in [4.78, 5) is 20.2. The van der Waals surface area contributed by atoms with Crippen LogP contribution in [0.4, 0.5) is 13.2 Å². The lowest BCUT2D eigenvalue weighted by atomic mass is 9.95. The Labute approximate surface area is 244 Å². The number of unbranched alkanes of at least 4 members (excludes halogenated alkanes) is 23. The molecule has 0 saturated heterocycles. The van der Waals surface area contributed by atoms with Crippen LogP contribution in [0.5, 0.6) is 0 Å². The van der Waals surface area contributed by atoms with Crippen molar-refractivity contribution in [3.8, 4) is 0 Å². The van der Waals surface area contributed by atoms with E-state index in [0.29, 0.717) is 0 Å². The second kappa shape index (κ2) is 30.7. The van der Waals surface area contributed by atoms with Crippen LogP contribution in [0.1, 0.15) is 187 Å². The van der Waals surface area contributed by atoms with Gasteiger partial charge in [-0.1, -0.05) is 174 Å². The predicted molar refractivity (Wildman–Crippen MR) is 161 cm³/mol. The van der Waals surface area contributed by atoms with Crippen molar-refractivity contribution in [3.05, 3.63) is 0 Å². The van der Waals surface area contributed by atoms with Gasteiger partial charge in [-0.3, -0.25) is 4.79 Å². The smallest absolute Gasteiger partial charge is 0.481 e. The quantitative estimate of drug-likeness (QED) is 0.0903. The Balaban J connectivity index is 0. The monoisotopic (exact) mass is 580 g/mol. The highest BCUT2D eigenvalue weighted by atomic mass is 19.4. The van der Waals surface area contributed by atoms with Crippen molar-refractivity contribution in [2.24, 2.45) is 5.92 Å². The zero-order valence-electron chi connectivity index (χ0n) is 26.0. The maximum atomic E-state index is 11.3. The molecule has 1 unspecified atom stereocenters. The summed E-state index contributed by atoms with van der Waals surface area (Å²) in [6.07, 6.45) is 31.1. The molecule has 0 aromatic heterocycles. The minimum Gasteiger partial charge on any atom is -0.481 e. The molecule has 0 saturated carbocycles. The molecule has 0 amide bonds. The molecule has 0 aliphatic rings. The largest absolute Gasteiger partial charge is 0.490 e. The van der Waals surface area contributed by atoms with Gasteiger partial charge in [0.2, 0.25) is 0 Å². The number of carboxylic acid groups (broad SMARTS) is 2. The van der Waals surface area contributed by atoms with E-state index < -0.39 is 18.1 Å². The van der Waals surface area contributed by atoms with E-state index >= 15 is 0 Å². The summed E-state index contributed by atoms with van der Waals surface area (Å²) in [7, 11) is 0.